The summed E-state index contributed by atoms with van der Waals surface area (Å²) < 4.78 is 5.38. The summed E-state index contributed by atoms with van der Waals surface area (Å²) in [7, 11) is 0. The number of anilines is 1. The summed E-state index contributed by atoms with van der Waals surface area (Å²) >= 11 is 0. The highest BCUT2D eigenvalue weighted by atomic mass is 16.5. The Morgan fingerprint density at radius 2 is 1.83 bits per heavy atom. The minimum absolute atomic E-state index is 0.0192. The van der Waals surface area contributed by atoms with Crippen LogP contribution in [0, 0.1) is 5.92 Å². The number of carbonyl (C=O) groups is 1. The van der Waals surface area contributed by atoms with E-state index in [1.54, 1.807) is 12.4 Å². The van der Waals surface area contributed by atoms with Crippen LogP contribution >= 0.6 is 0 Å². The van der Waals surface area contributed by atoms with Gasteiger partial charge in [0, 0.05) is 25.2 Å². The van der Waals surface area contributed by atoms with Crippen molar-refractivity contribution in [2.45, 2.75) is 57.5 Å². The molecule has 1 saturated carbocycles. The molecule has 0 aromatic carbocycles. The van der Waals surface area contributed by atoms with E-state index in [0.717, 1.165) is 31.9 Å². The van der Waals surface area contributed by atoms with E-state index in [2.05, 4.69) is 34.4 Å². The molecular weight excluding hydrogens is 292 g/mol. The smallest absolute Gasteiger partial charge is 0.241 e. The first-order valence-electron chi connectivity index (χ1n) is 8.60. The average molecular weight is 318 g/mol. The van der Waals surface area contributed by atoms with Crippen LogP contribution in [0.1, 0.15) is 51.3 Å². The SMILES string of the molecule is CC(C)[C@@H](NC1CCOCC1)C(=O)Nc1cnc(C2CC2)nc1. The Morgan fingerprint density at radius 1 is 1.17 bits per heavy atom. The number of amides is 1. The Labute approximate surface area is 137 Å². The van der Waals surface area contributed by atoms with Crippen LogP contribution in [-0.4, -0.2) is 41.2 Å². The van der Waals surface area contributed by atoms with E-state index < -0.39 is 0 Å². The third-order valence-electron chi connectivity index (χ3n) is 4.47. The van der Waals surface area contributed by atoms with Crippen molar-refractivity contribution in [2.24, 2.45) is 5.92 Å². The van der Waals surface area contributed by atoms with Gasteiger partial charge in [0.2, 0.25) is 5.91 Å². The van der Waals surface area contributed by atoms with E-state index in [9.17, 15) is 4.79 Å². The van der Waals surface area contributed by atoms with Gasteiger partial charge in [0.1, 0.15) is 5.82 Å². The first-order chi connectivity index (χ1) is 11.1. The molecule has 6 nitrogen and oxygen atoms in total. The van der Waals surface area contributed by atoms with Gasteiger partial charge >= 0.3 is 0 Å². The van der Waals surface area contributed by atoms with E-state index in [0.29, 0.717) is 17.6 Å². The van der Waals surface area contributed by atoms with E-state index >= 15 is 0 Å². The van der Waals surface area contributed by atoms with Gasteiger partial charge in [0.05, 0.1) is 24.1 Å². The zero-order valence-electron chi connectivity index (χ0n) is 13.9. The molecule has 3 rings (SSSR count). The van der Waals surface area contributed by atoms with Crippen LogP contribution < -0.4 is 10.6 Å². The topological polar surface area (TPSA) is 76.1 Å². The number of hydrogen-bond acceptors (Lipinski definition) is 5. The van der Waals surface area contributed by atoms with Crippen LogP contribution in [0.4, 0.5) is 5.69 Å². The van der Waals surface area contributed by atoms with Crippen LogP contribution in [0.2, 0.25) is 0 Å². The molecule has 0 unspecified atom stereocenters. The van der Waals surface area contributed by atoms with Gasteiger partial charge in [0.25, 0.3) is 0 Å². The third kappa shape index (κ3) is 4.48. The summed E-state index contributed by atoms with van der Waals surface area (Å²) in [5, 5.41) is 6.42. The van der Waals surface area contributed by atoms with Gasteiger partial charge in [-0.15, -0.1) is 0 Å². The van der Waals surface area contributed by atoms with Gasteiger partial charge < -0.3 is 15.4 Å². The van der Waals surface area contributed by atoms with Crippen molar-refractivity contribution in [3.63, 3.8) is 0 Å². The van der Waals surface area contributed by atoms with Gasteiger partial charge in [-0.2, -0.15) is 0 Å². The number of aromatic nitrogens is 2. The van der Waals surface area contributed by atoms with Crippen molar-refractivity contribution in [1.29, 1.82) is 0 Å². The number of carbonyl (C=O) groups excluding carboxylic acids is 1. The minimum Gasteiger partial charge on any atom is -0.381 e. The Morgan fingerprint density at radius 3 is 2.39 bits per heavy atom. The molecule has 2 N–H and O–H groups in total. The van der Waals surface area contributed by atoms with E-state index in [1.807, 2.05) is 0 Å². The predicted molar refractivity (Wildman–Crippen MR) is 88.2 cm³/mol. The molecule has 1 aromatic heterocycles. The van der Waals surface area contributed by atoms with Crippen LogP contribution in [0.5, 0.6) is 0 Å². The first-order valence-corrected chi connectivity index (χ1v) is 8.60. The molecule has 126 valence electrons. The number of hydrogen-bond donors (Lipinski definition) is 2. The summed E-state index contributed by atoms with van der Waals surface area (Å²) in [6.45, 7) is 5.65. The van der Waals surface area contributed by atoms with Crippen molar-refractivity contribution in [2.75, 3.05) is 18.5 Å². The van der Waals surface area contributed by atoms with Crippen molar-refractivity contribution >= 4 is 11.6 Å². The number of ether oxygens (including phenoxy) is 1. The summed E-state index contributed by atoms with van der Waals surface area (Å²) in [5.74, 6) is 1.61. The lowest BCUT2D eigenvalue weighted by Crippen LogP contribution is -2.50. The van der Waals surface area contributed by atoms with Gasteiger partial charge in [-0.05, 0) is 31.6 Å². The molecular formula is C17H26N4O2. The lowest BCUT2D eigenvalue weighted by atomic mass is 10.00. The fraction of sp³-hybridized carbons (Fsp3) is 0.706. The highest BCUT2D eigenvalue weighted by molar-refractivity contribution is 5.94. The van der Waals surface area contributed by atoms with Crippen LogP contribution in [-0.2, 0) is 9.53 Å². The highest BCUT2D eigenvalue weighted by Crippen LogP contribution is 2.37. The van der Waals surface area contributed by atoms with Crippen LogP contribution in [0.3, 0.4) is 0 Å². The molecule has 1 aromatic rings. The normalized spacial score (nSPS) is 20.5. The van der Waals surface area contributed by atoms with Gasteiger partial charge in [0.15, 0.2) is 0 Å². The molecule has 2 aliphatic rings. The highest BCUT2D eigenvalue weighted by Gasteiger charge is 2.28. The fourth-order valence-corrected chi connectivity index (χ4v) is 2.86. The second-order valence-corrected chi connectivity index (χ2v) is 6.87. The maximum atomic E-state index is 12.6. The molecule has 1 atom stereocenters. The molecule has 6 heteroatoms. The lowest BCUT2D eigenvalue weighted by molar-refractivity contribution is -0.119. The van der Waals surface area contributed by atoms with E-state index in [4.69, 9.17) is 4.74 Å². The van der Waals surface area contributed by atoms with E-state index in [1.165, 1.54) is 12.8 Å². The number of nitrogens with one attached hydrogen (secondary N) is 2. The first kappa shape index (κ1) is 16.3. The molecule has 0 radical (unpaired) electrons. The summed E-state index contributed by atoms with van der Waals surface area (Å²) in [4.78, 5) is 21.3. The molecule has 2 heterocycles. The Bertz CT molecular complexity index is 522. The Balaban J connectivity index is 1.58. The fourth-order valence-electron chi connectivity index (χ4n) is 2.86. The monoisotopic (exact) mass is 318 g/mol. The summed E-state index contributed by atoms with van der Waals surface area (Å²) in [6.07, 6.45) is 7.69. The van der Waals surface area contributed by atoms with Crippen molar-refractivity contribution in [1.82, 2.24) is 15.3 Å². The lowest BCUT2D eigenvalue weighted by Gasteiger charge is -2.30. The van der Waals surface area contributed by atoms with Gasteiger partial charge in [-0.25, -0.2) is 9.97 Å². The molecule has 1 saturated heterocycles. The summed E-state index contributed by atoms with van der Waals surface area (Å²) in [6, 6.07) is 0.122. The number of rotatable bonds is 6. The minimum atomic E-state index is -0.221. The maximum Gasteiger partial charge on any atom is 0.241 e. The largest absolute Gasteiger partial charge is 0.381 e. The Kier molecular flexibility index (Phi) is 5.23. The molecule has 23 heavy (non-hydrogen) atoms. The zero-order chi connectivity index (χ0) is 16.2. The molecule has 1 aliphatic heterocycles. The second-order valence-electron chi connectivity index (χ2n) is 6.87. The van der Waals surface area contributed by atoms with Crippen LogP contribution in [0.15, 0.2) is 12.4 Å². The Hall–Kier alpha value is -1.53. The average Bonchev–Trinajstić information content (AvgIpc) is 3.39. The number of nitrogens with zero attached hydrogens (tertiary/aromatic N) is 2. The van der Waals surface area contributed by atoms with Crippen molar-refractivity contribution in [3.8, 4) is 0 Å². The molecule has 0 bridgehead atoms. The van der Waals surface area contributed by atoms with E-state index in [-0.39, 0.29) is 17.9 Å². The predicted octanol–water partition coefficient (Wildman–Crippen LogP) is 2.09. The molecule has 1 aliphatic carbocycles. The maximum absolute atomic E-state index is 12.6. The van der Waals surface area contributed by atoms with Crippen LogP contribution in [0.25, 0.3) is 0 Å². The van der Waals surface area contributed by atoms with Crippen molar-refractivity contribution in [3.05, 3.63) is 18.2 Å². The van der Waals surface area contributed by atoms with Gasteiger partial charge in [-0.3, -0.25) is 4.79 Å². The zero-order valence-corrected chi connectivity index (χ0v) is 13.9. The third-order valence-corrected chi connectivity index (χ3v) is 4.47. The molecule has 0 spiro atoms. The molecule has 2 fully saturated rings. The van der Waals surface area contributed by atoms with Crippen molar-refractivity contribution < 1.29 is 9.53 Å². The summed E-state index contributed by atoms with van der Waals surface area (Å²) in [5.41, 5.74) is 0.666. The quantitative estimate of drug-likeness (QED) is 0.840. The second kappa shape index (κ2) is 7.36. The van der Waals surface area contributed by atoms with Gasteiger partial charge in [-0.1, -0.05) is 13.8 Å². The molecule has 1 amide bonds. The standard InChI is InChI=1S/C17H26N4O2/c1-11(2)15(20-13-5-7-23-8-6-13)17(22)21-14-9-18-16(19-10-14)12-3-4-12/h9-13,15,20H,3-8H2,1-2H3,(H,21,22)/t15-/m1/s1.